The Bertz CT molecular complexity index is 2670. The van der Waals surface area contributed by atoms with Crippen LogP contribution in [0.5, 0.6) is 0 Å². The Hall–Kier alpha value is -1.73. The molecule has 0 aromatic rings. The molecule has 16 N–H and O–H groups in total. The van der Waals surface area contributed by atoms with E-state index in [-0.39, 0.29) is 36.0 Å². The van der Waals surface area contributed by atoms with E-state index in [9.17, 15) is 89.6 Å². The molecule has 0 aromatic carbocycles. The molecule has 0 unspecified atom stereocenters. The van der Waals surface area contributed by atoms with Crippen molar-refractivity contribution in [1.29, 1.82) is 0 Å². The van der Waals surface area contributed by atoms with E-state index in [1.165, 1.54) is 26.3 Å². The van der Waals surface area contributed by atoms with Gasteiger partial charge in [-0.2, -0.15) is 8.42 Å². The number of fused-ring (bicyclic) bond motifs is 5. The molecule has 0 radical (unpaired) electrons. The van der Waals surface area contributed by atoms with Crippen molar-refractivity contribution < 1.29 is 151 Å². The summed E-state index contributed by atoms with van der Waals surface area (Å²) in [5.74, 6) is -0.534. The van der Waals surface area contributed by atoms with Crippen LogP contribution in [0.1, 0.15) is 113 Å². The summed E-state index contributed by atoms with van der Waals surface area (Å²) in [6.07, 6.45) is -41.0. The van der Waals surface area contributed by atoms with Crippen molar-refractivity contribution in [3.8, 4) is 0 Å². The number of rotatable bonds is 19. The average Bonchev–Trinajstić information content (AvgIpc) is 1.69. The topological polar surface area (TPSA) is 478 Å². The highest BCUT2D eigenvalue weighted by Gasteiger charge is 2.64. The largest absolute Gasteiger partial charge is 0.397 e. The quantitative estimate of drug-likeness (QED) is 0.0441. The molecule has 10 rings (SSSR count). The summed E-state index contributed by atoms with van der Waals surface area (Å²) in [4.78, 5) is 0. The van der Waals surface area contributed by atoms with Gasteiger partial charge in [-0.3, -0.25) is 4.55 Å². The maximum absolute atomic E-state index is 12.5. The number of aliphatic hydroxyl groups excluding tert-OH is 14. The fourth-order valence-electron chi connectivity index (χ4n) is 16.8. The lowest BCUT2D eigenvalue weighted by Crippen LogP contribution is -2.67. The number of hydrogen-bond donors (Lipinski definition) is 16. The highest BCUT2D eigenvalue weighted by molar-refractivity contribution is 7.80. The van der Waals surface area contributed by atoms with E-state index in [0.717, 1.165) is 24.8 Å². The van der Waals surface area contributed by atoms with Gasteiger partial charge in [-0.05, 0) is 134 Å². The summed E-state index contributed by atoms with van der Waals surface area (Å²) < 4.78 is 112. The molecule has 0 bridgehead atoms. The first-order chi connectivity index (χ1) is 43.6. The maximum Gasteiger partial charge on any atom is 0.397 e. The van der Waals surface area contributed by atoms with Crippen LogP contribution in [0.15, 0.2) is 23.3 Å². The Labute approximate surface area is 539 Å². The van der Waals surface area contributed by atoms with Gasteiger partial charge in [-0.1, -0.05) is 37.1 Å². The highest BCUT2D eigenvalue weighted by Crippen LogP contribution is 2.67. The second kappa shape index (κ2) is 29.1. The fourth-order valence-corrected chi connectivity index (χ4v) is 17.3. The molecule has 32 heteroatoms. The van der Waals surface area contributed by atoms with Crippen molar-refractivity contribution in [2.24, 2.45) is 34.5 Å². The molecule has 9 fully saturated rings. The lowest BCUT2D eigenvalue weighted by molar-refractivity contribution is -0.398. The molecular formula is C61H100O31S. The first kappa shape index (κ1) is 74.0. The Morgan fingerprint density at radius 1 is 0.591 bits per heavy atom. The van der Waals surface area contributed by atoms with Crippen molar-refractivity contribution >= 4 is 10.4 Å². The van der Waals surface area contributed by atoms with Gasteiger partial charge < -0.3 is 133 Å². The van der Waals surface area contributed by atoms with Crippen LogP contribution >= 0.6 is 0 Å². The molecule has 31 nitrogen and oxygen atoms in total. The molecule has 3 saturated carbocycles. The molecule has 93 heavy (non-hydrogen) atoms. The van der Waals surface area contributed by atoms with Gasteiger partial charge in [0.2, 0.25) is 0 Å². The monoisotopic (exact) mass is 1360 g/mol. The molecule has 6 aliphatic heterocycles. The van der Waals surface area contributed by atoms with E-state index in [1.54, 1.807) is 0 Å². The zero-order valence-corrected chi connectivity index (χ0v) is 54.3. The first-order valence-corrected chi connectivity index (χ1v) is 33.9. The number of hydrogen-bond acceptors (Lipinski definition) is 30. The van der Waals surface area contributed by atoms with Crippen LogP contribution < -0.4 is 0 Å². The van der Waals surface area contributed by atoms with Gasteiger partial charge in [-0.25, -0.2) is 4.18 Å². The minimum Gasteiger partial charge on any atom is -0.394 e. The molecule has 10 aliphatic rings. The third kappa shape index (κ3) is 14.9. The first-order valence-electron chi connectivity index (χ1n) is 32.5. The van der Waals surface area contributed by atoms with Gasteiger partial charge in [0.15, 0.2) is 37.7 Å². The van der Waals surface area contributed by atoms with Crippen LogP contribution in [0.2, 0.25) is 0 Å². The summed E-state index contributed by atoms with van der Waals surface area (Å²) in [6, 6.07) is 0. The van der Waals surface area contributed by atoms with E-state index < -0.39 is 231 Å². The fraction of sp³-hybridized carbons (Fsp3) is 0.934. The molecule has 0 aromatic heterocycles. The zero-order chi connectivity index (χ0) is 67.9. The van der Waals surface area contributed by atoms with Gasteiger partial charge in [0.1, 0.15) is 116 Å². The summed E-state index contributed by atoms with van der Waals surface area (Å²) in [5.41, 5.74) is 0.434. The number of allylic oxidation sites excluding steroid dienone is 4. The summed E-state index contributed by atoms with van der Waals surface area (Å²) in [7, 11) is -4.88. The normalized spacial score (nSPS) is 52.0. The van der Waals surface area contributed by atoms with Crippen molar-refractivity contribution in [3.05, 3.63) is 23.3 Å². The van der Waals surface area contributed by atoms with E-state index in [0.29, 0.717) is 25.7 Å². The molecule has 0 spiro atoms. The Kier molecular flexibility index (Phi) is 23.1. The van der Waals surface area contributed by atoms with Gasteiger partial charge in [0.25, 0.3) is 0 Å². The smallest absolute Gasteiger partial charge is 0.394 e. The van der Waals surface area contributed by atoms with Gasteiger partial charge >= 0.3 is 10.4 Å². The van der Waals surface area contributed by atoms with E-state index in [4.69, 9.17) is 61.0 Å². The summed E-state index contributed by atoms with van der Waals surface area (Å²) >= 11 is 0. The standard InChI is InChI=1S/C61H100O31S/c1-23(2)10-9-15-61(8,76)36-12-11-29-28-19-33(31-18-27(92-93(77,78)79)13-16-59(31,6)30(28)14-17-60(29,36)7)85-56-48(75)50(39(66)26(5)83-56)89-57-51(91-54-45(72)42(69)37(64)24(3)82-54)41(68)35(22-81-57)87-58-52(44(71)38(65)25(4)84-58)90-53-47(74)49(32(63)21-80-53)88-55-46(73)43(70)40(67)34(20-62)86-55/h10,14,24-29,31-58,62-76H,9,11-13,15-22H2,1-8H3,(H,77,78,79)/t24-,25-,26-,27+,28+,29+,31-,32+,33+,34-,35-,36+,37-,38+,39-,40+,41+,42+,43+,44+,45-,46-,47-,48-,49+,50+,51-,52-,53+,54+,55+,56+,57+,58+,59-,60+,61+/m1/s1. The van der Waals surface area contributed by atoms with Gasteiger partial charge in [-0.15, -0.1) is 0 Å². The molecule has 6 saturated heterocycles. The summed E-state index contributed by atoms with van der Waals surface area (Å²) in [6.45, 7) is 12.4. The molecule has 6 heterocycles. The second-order valence-corrected chi connectivity index (χ2v) is 29.6. The van der Waals surface area contributed by atoms with E-state index in [2.05, 4.69) is 26.0 Å². The summed E-state index contributed by atoms with van der Waals surface area (Å²) in [5, 5.41) is 168. The van der Waals surface area contributed by atoms with Crippen LogP contribution in [-0.2, 0) is 71.4 Å². The Morgan fingerprint density at radius 2 is 1.14 bits per heavy atom. The third-order valence-corrected chi connectivity index (χ3v) is 22.5. The minimum absolute atomic E-state index is 0.0473. The van der Waals surface area contributed by atoms with Crippen LogP contribution in [-0.4, -0.2) is 299 Å². The lowest BCUT2D eigenvalue weighted by atomic mass is 9.47. The predicted molar refractivity (Wildman–Crippen MR) is 312 cm³/mol. The van der Waals surface area contributed by atoms with Crippen LogP contribution in [0.4, 0.5) is 0 Å². The van der Waals surface area contributed by atoms with Crippen LogP contribution in [0.3, 0.4) is 0 Å². The van der Waals surface area contributed by atoms with Crippen molar-refractivity contribution in [3.63, 3.8) is 0 Å². The highest BCUT2D eigenvalue weighted by atomic mass is 32.3. The van der Waals surface area contributed by atoms with Crippen molar-refractivity contribution in [2.75, 3.05) is 19.8 Å². The van der Waals surface area contributed by atoms with Crippen molar-refractivity contribution in [1.82, 2.24) is 0 Å². The average molecular weight is 1360 g/mol. The number of aliphatic hydroxyl groups is 15. The molecular weight excluding hydrogens is 1260 g/mol. The van der Waals surface area contributed by atoms with Gasteiger partial charge in [0, 0.05) is 0 Å². The molecule has 37 atom stereocenters. The SMILES string of the molecule is CC(C)=CCC[C@](C)(O)[C@H]1CC[C@H]2[C@@H]3C[C@H](O[C@@H]4O[C@H](C)[C@@H](O)[C@H](O[C@@H]5OC[C@@H](O[C@@H]6O[C@H](C)[C@H](O)[C@H](O)[C@H]6O[C@@H]6OC[C@H](O)[C@H](O[C@@H]7O[C@H](CO)[C@H](O)[C@H](O)[C@H]7O)[C@H]6O)[C@H](O)[C@H]5O[C@@H]5O[C@H](C)[C@@H](O)[C@H](O)[C@H]5O)[C@H]4O)[C@H]4C[C@@H](OS(=O)(=O)O)CC[C@]4(C)C3=CC[C@@]21C. The second-order valence-electron chi connectivity index (χ2n) is 28.5. The van der Waals surface area contributed by atoms with E-state index in [1.807, 2.05) is 20.8 Å². The maximum atomic E-state index is 12.5. The number of ether oxygens (including phenoxy) is 12. The van der Waals surface area contributed by atoms with Crippen LogP contribution in [0.25, 0.3) is 0 Å². The minimum atomic E-state index is -4.88. The molecule has 4 aliphatic carbocycles. The lowest BCUT2D eigenvalue weighted by Gasteiger charge is -2.60. The Balaban J connectivity index is 0.892. The van der Waals surface area contributed by atoms with Crippen molar-refractivity contribution in [2.45, 2.75) is 303 Å². The van der Waals surface area contributed by atoms with Crippen LogP contribution in [0, 0.1) is 34.5 Å². The zero-order valence-electron chi connectivity index (χ0n) is 53.5. The third-order valence-electron chi connectivity index (χ3n) is 22.0. The Morgan fingerprint density at radius 3 is 1.80 bits per heavy atom. The molecule has 0 amide bonds. The van der Waals surface area contributed by atoms with Gasteiger partial charge in [0.05, 0.1) is 55.9 Å². The molecule has 536 valence electrons. The van der Waals surface area contributed by atoms with E-state index >= 15 is 0 Å². The predicted octanol–water partition coefficient (Wildman–Crippen LogP) is -3.47.